The zero-order valence-corrected chi connectivity index (χ0v) is 12.5. The topological polar surface area (TPSA) is 87.0 Å². The third kappa shape index (κ3) is 5.03. The van der Waals surface area contributed by atoms with Gasteiger partial charge in [0, 0.05) is 23.2 Å². The predicted octanol–water partition coefficient (Wildman–Crippen LogP) is 1.97. The average Bonchev–Trinajstić information content (AvgIpc) is 2.87. The van der Waals surface area contributed by atoms with Crippen LogP contribution in [0.1, 0.15) is 12.6 Å². The van der Waals surface area contributed by atoms with Crippen LogP contribution in [-0.4, -0.2) is 28.5 Å². The number of nitrogens with one attached hydrogen (secondary N) is 3. The van der Waals surface area contributed by atoms with E-state index >= 15 is 0 Å². The first kappa shape index (κ1) is 15.2. The number of thioether (sulfide) groups is 1. The normalized spacial score (nSPS) is 10.3. The van der Waals surface area contributed by atoms with Crippen LogP contribution in [0.15, 0.2) is 35.1 Å². The van der Waals surface area contributed by atoms with Crippen LogP contribution in [0.2, 0.25) is 0 Å². The maximum Gasteiger partial charge on any atom is 0.264 e. The maximum atomic E-state index is 11.8. The largest absolute Gasteiger partial charge is 0.494 e. The van der Waals surface area contributed by atoms with Crippen LogP contribution >= 0.6 is 11.8 Å². The Morgan fingerprint density at radius 3 is 2.67 bits per heavy atom. The molecule has 6 nitrogen and oxygen atoms in total. The maximum absolute atomic E-state index is 11.8. The molecule has 3 N–H and O–H groups in total. The molecule has 0 atom stereocenters. The van der Waals surface area contributed by atoms with Crippen LogP contribution < -0.4 is 15.6 Å². The minimum Gasteiger partial charge on any atom is -0.494 e. The first-order valence-corrected chi connectivity index (χ1v) is 7.70. The zero-order valence-electron chi connectivity index (χ0n) is 11.6. The molecule has 112 valence electrons. The Balaban J connectivity index is 1.74. The fraction of sp³-hybridized carbons (Fsp3) is 0.286. The Kier molecular flexibility index (Phi) is 5.51. The number of aromatic amines is 2. The molecule has 0 bridgehead atoms. The molecule has 0 aliphatic heterocycles. The van der Waals surface area contributed by atoms with Gasteiger partial charge >= 0.3 is 0 Å². The van der Waals surface area contributed by atoms with Gasteiger partial charge in [0.15, 0.2) is 0 Å². The zero-order chi connectivity index (χ0) is 15.1. The van der Waals surface area contributed by atoms with Gasteiger partial charge in [0.1, 0.15) is 5.75 Å². The minimum absolute atomic E-state index is 0.0814. The van der Waals surface area contributed by atoms with Gasteiger partial charge in [-0.25, -0.2) is 0 Å². The summed E-state index contributed by atoms with van der Waals surface area (Å²) in [5.74, 6) is 1.60. The molecule has 0 saturated carbocycles. The Bertz CT molecular complexity index is 633. The van der Waals surface area contributed by atoms with Gasteiger partial charge < -0.3 is 15.2 Å². The highest BCUT2D eigenvalue weighted by atomic mass is 32.2. The molecule has 1 aromatic heterocycles. The van der Waals surface area contributed by atoms with Crippen LogP contribution in [0.3, 0.4) is 0 Å². The van der Waals surface area contributed by atoms with E-state index in [1.54, 1.807) is 12.1 Å². The molecule has 1 amide bonds. The minimum atomic E-state index is -0.163. The molecule has 1 aromatic carbocycles. The summed E-state index contributed by atoms with van der Waals surface area (Å²) in [4.78, 5) is 22.7. The van der Waals surface area contributed by atoms with Crippen molar-refractivity contribution in [3.05, 3.63) is 46.4 Å². The molecular weight excluding hydrogens is 290 g/mol. The van der Waals surface area contributed by atoms with Crippen molar-refractivity contribution in [2.24, 2.45) is 0 Å². The molecule has 0 radical (unpaired) electrons. The number of carbonyl (C=O) groups is 1. The van der Waals surface area contributed by atoms with Crippen molar-refractivity contribution >= 4 is 23.4 Å². The fourth-order valence-electron chi connectivity index (χ4n) is 1.70. The molecule has 0 aliphatic carbocycles. The summed E-state index contributed by atoms with van der Waals surface area (Å²) in [5, 5.41) is 8.01. The Morgan fingerprint density at radius 2 is 2.05 bits per heavy atom. The van der Waals surface area contributed by atoms with Crippen LogP contribution in [0.25, 0.3) is 0 Å². The lowest BCUT2D eigenvalue weighted by Gasteiger charge is -2.06. The van der Waals surface area contributed by atoms with Crippen LogP contribution in [0.5, 0.6) is 5.75 Å². The molecule has 0 saturated heterocycles. The standard InChI is InChI=1S/C14H17N3O3S/c1-2-20-12-5-3-10(4-6-12)15-14(19)9-21-8-11-7-13(18)17-16-11/h3-7H,2,8-9H2,1H3,(H,15,19)(H2,16,17,18). The van der Waals surface area contributed by atoms with Crippen molar-refractivity contribution < 1.29 is 9.53 Å². The number of benzene rings is 1. The highest BCUT2D eigenvalue weighted by Gasteiger charge is 2.04. The smallest absolute Gasteiger partial charge is 0.264 e. The van der Waals surface area contributed by atoms with Gasteiger partial charge in [-0.15, -0.1) is 11.8 Å². The summed E-state index contributed by atoms with van der Waals surface area (Å²) in [6.45, 7) is 2.54. The number of carbonyl (C=O) groups excluding carboxylic acids is 1. The summed E-state index contributed by atoms with van der Waals surface area (Å²) in [5.41, 5.74) is 1.35. The molecule has 2 aromatic rings. The van der Waals surface area contributed by atoms with Gasteiger partial charge in [-0.3, -0.25) is 14.7 Å². The van der Waals surface area contributed by atoms with Crippen molar-refractivity contribution in [1.29, 1.82) is 0 Å². The first-order valence-electron chi connectivity index (χ1n) is 6.54. The SMILES string of the molecule is CCOc1ccc(NC(=O)CSCc2cc(=O)[nH][nH]2)cc1. The molecule has 2 rings (SSSR count). The van der Waals surface area contributed by atoms with Crippen molar-refractivity contribution in [2.75, 3.05) is 17.7 Å². The van der Waals surface area contributed by atoms with Crippen LogP contribution in [-0.2, 0) is 10.5 Å². The second-order valence-electron chi connectivity index (χ2n) is 4.28. The van der Waals surface area contributed by atoms with Gasteiger partial charge in [0.2, 0.25) is 5.91 Å². The van der Waals surface area contributed by atoms with E-state index in [4.69, 9.17) is 4.74 Å². The van der Waals surface area contributed by atoms with E-state index in [0.717, 1.165) is 17.1 Å². The lowest BCUT2D eigenvalue weighted by atomic mass is 10.3. The van der Waals surface area contributed by atoms with Gasteiger partial charge in [-0.05, 0) is 31.2 Å². The van der Waals surface area contributed by atoms with E-state index in [-0.39, 0.29) is 11.5 Å². The predicted molar refractivity (Wildman–Crippen MR) is 83.8 cm³/mol. The summed E-state index contributed by atoms with van der Waals surface area (Å²) >= 11 is 1.43. The molecule has 0 unspecified atom stereocenters. The van der Waals surface area contributed by atoms with Crippen molar-refractivity contribution in [1.82, 2.24) is 10.2 Å². The second kappa shape index (κ2) is 7.58. The summed E-state index contributed by atoms with van der Waals surface area (Å²) in [6.07, 6.45) is 0. The molecule has 0 fully saturated rings. The van der Waals surface area contributed by atoms with Gasteiger partial charge in [-0.1, -0.05) is 0 Å². The third-order valence-electron chi connectivity index (χ3n) is 2.59. The van der Waals surface area contributed by atoms with E-state index in [9.17, 15) is 9.59 Å². The number of H-pyrrole nitrogens is 2. The Hall–Kier alpha value is -2.15. The quantitative estimate of drug-likeness (QED) is 0.730. The number of rotatable bonds is 7. The molecule has 21 heavy (non-hydrogen) atoms. The van der Waals surface area contributed by atoms with Gasteiger partial charge in [-0.2, -0.15) is 0 Å². The number of amides is 1. The van der Waals surface area contributed by atoms with Crippen LogP contribution in [0.4, 0.5) is 5.69 Å². The average molecular weight is 307 g/mol. The van der Waals surface area contributed by atoms with Crippen LogP contribution in [0, 0.1) is 0 Å². The highest BCUT2D eigenvalue weighted by Crippen LogP contribution is 2.16. The molecule has 1 heterocycles. The number of hydrogen-bond acceptors (Lipinski definition) is 4. The van der Waals surface area contributed by atoms with E-state index in [1.807, 2.05) is 19.1 Å². The summed E-state index contributed by atoms with van der Waals surface area (Å²) in [6, 6.07) is 8.72. The van der Waals surface area contributed by atoms with Crippen molar-refractivity contribution in [3.8, 4) is 5.75 Å². The first-order chi connectivity index (χ1) is 10.2. The van der Waals surface area contributed by atoms with Crippen molar-refractivity contribution in [3.63, 3.8) is 0 Å². The lowest BCUT2D eigenvalue weighted by Crippen LogP contribution is -2.14. The second-order valence-corrected chi connectivity index (χ2v) is 5.27. The Labute approximate surface area is 126 Å². The van der Waals surface area contributed by atoms with E-state index in [0.29, 0.717) is 18.1 Å². The van der Waals surface area contributed by atoms with E-state index in [1.165, 1.54) is 17.8 Å². The molecular formula is C14H17N3O3S. The molecule has 0 aliphatic rings. The fourth-order valence-corrected chi connectivity index (χ4v) is 2.44. The van der Waals surface area contributed by atoms with Gasteiger partial charge in [0.05, 0.1) is 12.4 Å². The lowest BCUT2D eigenvalue weighted by molar-refractivity contribution is -0.113. The highest BCUT2D eigenvalue weighted by molar-refractivity contribution is 7.99. The number of aromatic nitrogens is 2. The number of hydrogen-bond donors (Lipinski definition) is 3. The molecule has 0 spiro atoms. The monoisotopic (exact) mass is 307 g/mol. The van der Waals surface area contributed by atoms with Gasteiger partial charge in [0.25, 0.3) is 5.56 Å². The van der Waals surface area contributed by atoms with E-state index in [2.05, 4.69) is 15.5 Å². The third-order valence-corrected chi connectivity index (χ3v) is 3.57. The number of anilines is 1. The Morgan fingerprint density at radius 1 is 1.29 bits per heavy atom. The number of ether oxygens (including phenoxy) is 1. The molecule has 7 heteroatoms. The van der Waals surface area contributed by atoms with Crippen molar-refractivity contribution in [2.45, 2.75) is 12.7 Å². The summed E-state index contributed by atoms with van der Waals surface area (Å²) in [7, 11) is 0. The van der Waals surface area contributed by atoms with E-state index < -0.39 is 0 Å². The summed E-state index contributed by atoms with van der Waals surface area (Å²) < 4.78 is 5.33.